The molecule has 6 heteroatoms. The predicted molar refractivity (Wildman–Crippen MR) is 110 cm³/mol. The summed E-state index contributed by atoms with van der Waals surface area (Å²) in [4.78, 5) is 0.996. The van der Waals surface area contributed by atoms with Crippen molar-refractivity contribution in [1.29, 1.82) is 0 Å². The van der Waals surface area contributed by atoms with E-state index in [0.29, 0.717) is 0 Å². The molecule has 1 spiro atoms. The number of benzene rings is 2. The van der Waals surface area contributed by atoms with Crippen LogP contribution in [-0.2, 0) is 11.8 Å². The van der Waals surface area contributed by atoms with Crippen molar-refractivity contribution >= 4 is 17.8 Å². The quantitative estimate of drug-likeness (QED) is 0.586. The molecule has 2 aromatic carbocycles. The largest absolute Gasteiger partial charge is 0.496 e. The number of methoxy groups -OCH3 is 1. The maximum absolute atomic E-state index is 10.0. The number of nitrogens with zero attached hydrogens (tertiary/aromatic N) is 1. The minimum absolute atomic E-state index is 0.191. The average Bonchev–Trinajstić information content (AvgIpc) is 3.37. The molecule has 5 nitrogen and oxygen atoms in total. The molecule has 2 aliphatic rings. The van der Waals surface area contributed by atoms with E-state index in [4.69, 9.17) is 9.26 Å². The van der Waals surface area contributed by atoms with E-state index in [0.717, 1.165) is 45.3 Å². The zero-order chi connectivity index (χ0) is 19.3. The molecule has 0 radical (unpaired) electrons. The van der Waals surface area contributed by atoms with Crippen molar-refractivity contribution in [3.63, 3.8) is 0 Å². The molecule has 3 aromatic rings. The Morgan fingerprint density at radius 1 is 1.25 bits per heavy atom. The number of ether oxygens (including phenoxy) is 1. The molecule has 1 atom stereocenters. The van der Waals surface area contributed by atoms with Crippen LogP contribution in [0.1, 0.15) is 42.6 Å². The molecule has 0 bridgehead atoms. The highest BCUT2D eigenvalue weighted by Crippen LogP contribution is 2.58. The number of para-hydroxylation sites is 1. The smallest absolute Gasteiger partial charge is 0.183 e. The number of anilines is 1. The molecule has 5 rings (SSSR count). The molecule has 0 unspecified atom stereocenters. The summed E-state index contributed by atoms with van der Waals surface area (Å²) in [5, 5.41) is 14.3. The Labute approximate surface area is 168 Å². The topological polar surface area (TPSA) is 67.5 Å². The number of hydrogen-bond acceptors (Lipinski definition) is 6. The second kappa shape index (κ2) is 6.57. The molecule has 0 saturated heterocycles. The predicted octanol–water partition coefficient (Wildman–Crippen LogP) is 5.11. The van der Waals surface area contributed by atoms with Gasteiger partial charge in [-0.25, -0.2) is 0 Å². The number of nitrogens with one attached hydrogen (secondary N) is 1. The van der Waals surface area contributed by atoms with Gasteiger partial charge in [0.1, 0.15) is 5.75 Å². The van der Waals surface area contributed by atoms with Gasteiger partial charge in [0.15, 0.2) is 11.6 Å². The van der Waals surface area contributed by atoms with E-state index in [1.165, 1.54) is 30.4 Å². The molecule has 0 aliphatic heterocycles. The van der Waals surface area contributed by atoms with Crippen molar-refractivity contribution in [1.82, 2.24) is 5.16 Å². The van der Waals surface area contributed by atoms with E-state index in [1.54, 1.807) is 14.0 Å². The van der Waals surface area contributed by atoms with E-state index < -0.39 is 6.10 Å². The van der Waals surface area contributed by atoms with Crippen molar-refractivity contribution in [3.8, 4) is 17.1 Å². The lowest BCUT2D eigenvalue weighted by Crippen LogP contribution is -2.17. The first-order valence-corrected chi connectivity index (χ1v) is 10.3. The highest BCUT2D eigenvalue weighted by atomic mass is 32.2. The first kappa shape index (κ1) is 17.6. The third-order valence-corrected chi connectivity index (χ3v) is 6.68. The normalized spacial score (nSPS) is 17.0. The van der Waals surface area contributed by atoms with Crippen LogP contribution in [0.5, 0.6) is 5.75 Å². The van der Waals surface area contributed by atoms with Gasteiger partial charge in [-0.3, -0.25) is 0 Å². The third kappa shape index (κ3) is 2.79. The van der Waals surface area contributed by atoms with Gasteiger partial charge in [-0.2, -0.15) is 0 Å². The van der Waals surface area contributed by atoms with E-state index in [-0.39, 0.29) is 5.41 Å². The average molecular weight is 394 g/mol. The number of fused-ring (bicyclic) bond motifs is 4. The van der Waals surface area contributed by atoms with E-state index in [9.17, 15) is 5.11 Å². The Morgan fingerprint density at radius 2 is 2.07 bits per heavy atom. The lowest BCUT2D eigenvalue weighted by atomic mass is 9.78. The first-order valence-electron chi connectivity index (χ1n) is 9.48. The molecule has 1 aromatic heterocycles. The van der Waals surface area contributed by atoms with Crippen molar-refractivity contribution in [2.75, 3.05) is 11.8 Å². The first-order chi connectivity index (χ1) is 13.6. The Kier molecular flexibility index (Phi) is 4.14. The molecular weight excluding hydrogens is 372 g/mol. The minimum atomic E-state index is -0.507. The summed E-state index contributed by atoms with van der Waals surface area (Å²) in [5.41, 5.74) is 4.60. The standard InChI is InChI=1S/C22H22N2O3S/c1-13(25)14-7-8-17-15(11-14)20-16(12-22(17)9-10-22)21(23-27-20)24-28-19-6-4-3-5-18(19)26-2/h3-8,11,13,25H,9-10,12H2,1-2H3,(H,23,24)/t13-/m1/s1. The zero-order valence-corrected chi connectivity index (χ0v) is 16.7. The number of rotatable bonds is 5. The molecule has 0 amide bonds. The van der Waals surface area contributed by atoms with Gasteiger partial charge in [-0.15, -0.1) is 0 Å². The summed E-state index contributed by atoms with van der Waals surface area (Å²) < 4.78 is 14.6. The molecule has 1 fully saturated rings. The Bertz CT molecular complexity index is 1040. The lowest BCUT2D eigenvalue weighted by molar-refractivity contribution is 0.199. The molecule has 1 saturated carbocycles. The zero-order valence-electron chi connectivity index (χ0n) is 15.9. The summed E-state index contributed by atoms with van der Waals surface area (Å²) in [6.07, 6.45) is 2.78. The maximum Gasteiger partial charge on any atom is 0.183 e. The van der Waals surface area contributed by atoms with E-state index in [2.05, 4.69) is 22.0 Å². The molecule has 2 aliphatic carbocycles. The fourth-order valence-corrected chi connectivity index (χ4v) is 4.84. The van der Waals surface area contributed by atoms with Crippen LogP contribution in [0.4, 0.5) is 5.82 Å². The monoisotopic (exact) mass is 394 g/mol. The number of aliphatic hydroxyl groups is 1. The van der Waals surface area contributed by atoms with E-state index >= 15 is 0 Å². The fraction of sp³-hybridized carbons (Fsp3) is 0.318. The summed E-state index contributed by atoms with van der Waals surface area (Å²) >= 11 is 1.47. The van der Waals surface area contributed by atoms with Crippen molar-refractivity contribution in [3.05, 3.63) is 59.2 Å². The minimum Gasteiger partial charge on any atom is -0.496 e. The Hall–Kier alpha value is -2.44. The van der Waals surface area contributed by atoms with Gasteiger partial charge >= 0.3 is 0 Å². The van der Waals surface area contributed by atoms with Gasteiger partial charge in [0.05, 0.1) is 18.1 Å². The molecule has 1 heterocycles. The fourth-order valence-electron chi connectivity index (χ4n) is 4.07. The second-order valence-corrected chi connectivity index (χ2v) is 8.48. The van der Waals surface area contributed by atoms with Gasteiger partial charge in [0, 0.05) is 16.5 Å². The lowest BCUT2D eigenvalue weighted by Gasteiger charge is -2.25. The van der Waals surface area contributed by atoms with Gasteiger partial charge in [0.2, 0.25) is 0 Å². The van der Waals surface area contributed by atoms with Crippen LogP contribution < -0.4 is 9.46 Å². The van der Waals surface area contributed by atoms with Crippen LogP contribution in [-0.4, -0.2) is 17.4 Å². The molecular formula is C22H22N2O3S. The van der Waals surface area contributed by atoms with E-state index in [1.807, 2.05) is 30.3 Å². The van der Waals surface area contributed by atoms with Gasteiger partial charge in [-0.1, -0.05) is 29.4 Å². The van der Waals surface area contributed by atoms with Crippen LogP contribution in [0.25, 0.3) is 11.3 Å². The number of aliphatic hydroxyl groups excluding tert-OH is 1. The summed E-state index contributed by atoms with van der Waals surface area (Å²) in [7, 11) is 1.67. The van der Waals surface area contributed by atoms with Crippen molar-refractivity contribution in [2.24, 2.45) is 0 Å². The molecule has 144 valence electrons. The summed E-state index contributed by atoms with van der Waals surface area (Å²) in [6, 6.07) is 14.1. The van der Waals surface area contributed by atoms with Crippen molar-refractivity contribution < 1.29 is 14.4 Å². The Morgan fingerprint density at radius 3 is 2.82 bits per heavy atom. The van der Waals surface area contributed by atoms with Crippen LogP contribution in [0.15, 0.2) is 51.9 Å². The number of hydrogen-bond donors (Lipinski definition) is 2. The highest BCUT2D eigenvalue weighted by Gasteiger charge is 2.50. The van der Waals surface area contributed by atoms with Gasteiger partial charge < -0.3 is 19.1 Å². The highest BCUT2D eigenvalue weighted by molar-refractivity contribution is 8.00. The summed E-state index contributed by atoms with van der Waals surface area (Å²) in [6.45, 7) is 1.79. The molecule has 2 N–H and O–H groups in total. The second-order valence-electron chi connectivity index (χ2n) is 7.63. The van der Waals surface area contributed by atoms with Crippen LogP contribution >= 0.6 is 11.9 Å². The SMILES string of the molecule is COc1ccccc1SNc1noc2c1CC1(CC1)c1ccc([C@@H](C)O)cc1-2. The number of aromatic nitrogens is 1. The van der Waals surface area contributed by atoms with Gasteiger partial charge in [-0.05, 0) is 67.5 Å². The molecule has 28 heavy (non-hydrogen) atoms. The Balaban J connectivity index is 1.50. The maximum atomic E-state index is 10.0. The third-order valence-electron chi connectivity index (χ3n) is 5.83. The van der Waals surface area contributed by atoms with Crippen molar-refractivity contribution in [2.45, 2.75) is 42.6 Å². The van der Waals surface area contributed by atoms with Crippen LogP contribution in [0.3, 0.4) is 0 Å². The van der Waals surface area contributed by atoms with Gasteiger partial charge in [0.25, 0.3) is 0 Å². The summed E-state index contributed by atoms with van der Waals surface area (Å²) in [5.74, 6) is 2.41. The van der Waals surface area contributed by atoms with Crippen LogP contribution in [0.2, 0.25) is 0 Å². The van der Waals surface area contributed by atoms with Crippen LogP contribution in [0, 0.1) is 0 Å².